The van der Waals surface area contributed by atoms with Crippen LogP contribution in [0.1, 0.15) is 11.1 Å². The van der Waals surface area contributed by atoms with E-state index < -0.39 is 0 Å². The minimum absolute atomic E-state index is 0.270. The fraction of sp³-hybridized carbons (Fsp3) is 0.133. The summed E-state index contributed by atoms with van der Waals surface area (Å²) in [6, 6.07) is 9.08. The number of hydrogen-bond acceptors (Lipinski definition) is 3. The van der Waals surface area contributed by atoms with Crippen molar-refractivity contribution in [1.29, 1.82) is 0 Å². The van der Waals surface area contributed by atoms with Gasteiger partial charge in [0.15, 0.2) is 0 Å². The third-order valence-electron chi connectivity index (χ3n) is 2.99. The first-order chi connectivity index (χ1) is 9.92. The van der Waals surface area contributed by atoms with Crippen molar-refractivity contribution in [2.24, 2.45) is 5.73 Å². The summed E-state index contributed by atoms with van der Waals surface area (Å²) in [6.07, 6.45) is 0. The van der Waals surface area contributed by atoms with Crippen LogP contribution >= 0.6 is 35.4 Å². The van der Waals surface area contributed by atoms with Crippen LogP contribution in [-0.4, -0.2) is 12.1 Å². The van der Waals surface area contributed by atoms with Gasteiger partial charge in [-0.15, -0.1) is 0 Å². The van der Waals surface area contributed by atoms with Crippen molar-refractivity contribution in [2.75, 3.05) is 12.4 Å². The molecule has 6 heteroatoms. The van der Waals surface area contributed by atoms with Crippen molar-refractivity contribution in [3.8, 4) is 5.75 Å². The summed E-state index contributed by atoms with van der Waals surface area (Å²) in [7, 11) is 1.59. The summed E-state index contributed by atoms with van der Waals surface area (Å²) in [5.74, 6) is 0.653. The molecule has 0 unspecified atom stereocenters. The maximum Gasteiger partial charge on any atom is 0.143 e. The summed E-state index contributed by atoms with van der Waals surface area (Å²) in [6.45, 7) is 1.93. The molecular weight excluding hydrogens is 327 g/mol. The summed E-state index contributed by atoms with van der Waals surface area (Å²) in [5.41, 5.74) is 8.80. The van der Waals surface area contributed by atoms with Gasteiger partial charge in [-0.25, -0.2) is 0 Å². The monoisotopic (exact) mass is 340 g/mol. The molecular formula is C15H14Cl2N2OS. The van der Waals surface area contributed by atoms with Crippen molar-refractivity contribution in [2.45, 2.75) is 6.92 Å². The molecule has 0 radical (unpaired) electrons. The van der Waals surface area contributed by atoms with E-state index in [0.29, 0.717) is 21.4 Å². The van der Waals surface area contributed by atoms with Crippen molar-refractivity contribution < 1.29 is 4.74 Å². The first-order valence-corrected chi connectivity index (χ1v) is 7.29. The van der Waals surface area contributed by atoms with E-state index in [1.807, 2.05) is 19.1 Å². The van der Waals surface area contributed by atoms with Gasteiger partial charge >= 0.3 is 0 Å². The van der Waals surface area contributed by atoms with Crippen LogP contribution in [-0.2, 0) is 0 Å². The fourth-order valence-electron chi connectivity index (χ4n) is 1.88. The van der Waals surface area contributed by atoms with E-state index in [4.69, 9.17) is 45.9 Å². The fourth-order valence-corrected chi connectivity index (χ4v) is 2.55. The highest BCUT2D eigenvalue weighted by Gasteiger charge is 2.09. The van der Waals surface area contributed by atoms with E-state index in [0.717, 1.165) is 16.9 Å². The number of thiocarbonyl (C=S) groups is 1. The summed E-state index contributed by atoms with van der Waals surface area (Å²) in [4.78, 5) is 0.270. The van der Waals surface area contributed by atoms with Crippen LogP contribution in [0.15, 0.2) is 30.3 Å². The molecule has 2 rings (SSSR count). The Morgan fingerprint density at radius 2 is 1.90 bits per heavy atom. The van der Waals surface area contributed by atoms with E-state index in [1.165, 1.54) is 0 Å². The van der Waals surface area contributed by atoms with E-state index in [9.17, 15) is 0 Å². The first-order valence-electron chi connectivity index (χ1n) is 6.13. The molecule has 0 heterocycles. The summed E-state index contributed by atoms with van der Waals surface area (Å²) in [5, 5.41) is 4.40. The van der Waals surface area contributed by atoms with Gasteiger partial charge in [0.25, 0.3) is 0 Å². The molecule has 0 amide bonds. The van der Waals surface area contributed by atoms with Crippen molar-refractivity contribution >= 4 is 51.8 Å². The van der Waals surface area contributed by atoms with Gasteiger partial charge in [0.05, 0.1) is 17.8 Å². The number of nitrogens with two attached hydrogens (primary N) is 1. The minimum atomic E-state index is 0.270. The SMILES string of the molecule is COc1cc(Cl)c(C)cc1Nc1ccc(C(N)=S)c(Cl)c1. The zero-order chi connectivity index (χ0) is 15.6. The number of nitrogens with one attached hydrogen (secondary N) is 1. The molecule has 0 aromatic heterocycles. The standard InChI is InChI=1S/C15H14Cl2N2OS/c1-8-5-13(14(20-2)7-11(8)16)19-9-3-4-10(15(18)21)12(17)6-9/h3-7,19H,1-2H3,(H2,18,21). The maximum atomic E-state index is 6.16. The second kappa shape index (κ2) is 6.52. The quantitative estimate of drug-likeness (QED) is 0.792. The Labute approximate surface area is 139 Å². The number of aryl methyl sites for hydroxylation is 1. The second-order valence-electron chi connectivity index (χ2n) is 4.49. The van der Waals surface area contributed by atoms with Gasteiger partial charge in [0.1, 0.15) is 10.7 Å². The van der Waals surface area contributed by atoms with Gasteiger partial charge in [-0.3, -0.25) is 0 Å². The molecule has 2 aromatic carbocycles. The van der Waals surface area contributed by atoms with Crippen LogP contribution in [0, 0.1) is 6.92 Å². The van der Waals surface area contributed by atoms with Gasteiger partial charge in [0, 0.05) is 22.3 Å². The number of rotatable bonds is 4. The van der Waals surface area contributed by atoms with Crippen LogP contribution in [0.3, 0.4) is 0 Å². The highest BCUT2D eigenvalue weighted by atomic mass is 35.5. The third-order valence-corrected chi connectivity index (χ3v) is 3.93. The van der Waals surface area contributed by atoms with Crippen molar-refractivity contribution in [3.63, 3.8) is 0 Å². The van der Waals surface area contributed by atoms with E-state index in [2.05, 4.69) is 5.32 Å². The van der Waals surface area contributed by atoms with Gasteiger partial charge in [-0.2, -0.15) is 0 Å². The van der Waals surface area contributed by atoms with Gasteiger partial charge in [-0.1, -0.05) is 35.4 Å². The van der Waals surface area contributed by atoms with Crippen LogP contribution in [0.4, 0.5) is 11.4 Å². The number of methoxy groups -OCH3 is 1. The average molecular weight is 341 g/mol. The summed E-state index contributed by atoms with van der Waals surface area (Å²) < 4.78 is 5.32. The molecule has 0 aliphatic heterocycles. The molecule has 0 atom stereocenters. The Morgan fingerprint density at radius 3 is 2.48 bits per heavy atom. The molecule has 0 aliphatic rings. The molecule has 0 saturated carbocycles. The number of benzene rings is 2. The smallest absolute Gasteiger partial charge is 0.143 e. The Kier molecular flexibility index (Phi) is 4.93. The lowest BCUT2D eigenvalue weighted by Crippen LogP contribution is -2.10. The predicted molar refractivity (Wildman–Crippen MR) is 93.4 cm³/mol. The maximum absolute atomic E-state index is 6.16. The molecule has 0 spiro atoms. The number of anilines is 2. The van der Waals surface area contributed by atoms with E-state index >= 15 is 0 Å². The lowest BCUT2D eigenvalue weighted by Gasteiger charge is -2.14. The molecule has 3 nitrogen and oxygen atoms in total. The molecule has 0 fully saturated rings. The van der Waals surface area contributed by atoms with Crippen LogP contribution in [0.5, 0.6) is 5.75 Å². The molecule has 21 heavy (non-hydrogen) atoms. The Hall–Kier alpha value is -1.49. The van der Waals surface area contributed by atoms with E-state index in [1.54, 1.807) is 25.3 Å². The van der Waals surface area contributed by atoms with E-state index in [-0.39, 0.29) is 4.99 Å². The molecule has 3 N–H and O–H groups in total. The molecule has 0 bridgehead atoms. The van der Waals surface area contributed by atoms with Gasteiger partial charge < -0.3 is 15.8 Å². The van der Waals surface area contributed by atoms with Crippen LogP contribution in [0.25, 0.3) is 0 Å². The molecule has 2 aromatic rings. The normalized spacial score (nSPS) is 10.3. The molecule has 0 aliphatic carbocycles. The molecule has 110 valence electrons. The number of ether oxygens (including phenoxy) is 1. The van der Waals surface area contributed by atoms with Crippen LogP contribution in [0.2, 0.25) is 10.0 Å². The lowest BCUT2D eigenvalue weighted by molar-refractivity contribution is 0.417. The minimum Gasteiger partial charge on any atom is -0.495 e. The average Bonchev–Trinajstić information content (AvgIpc) is 2.42. The van der Waals surface area contributed by atoms with Gasteiger partial charge in [-0.05, 0) is 36.8 Å². The molecule has 0 saturated heterocycles. The second-order valence-corrected chi connectivity index (χ2v) is 5.74. The first kappa shape index (κ1) is 15.9. The Balaban J connectivity index is 2.36. The highest BCUT2D eigenvalue weighted by molar-refractivity contribution is 7.80. The third kappa shape index (κ3) is 3.59. The largest absolute Gasteiger partial charge is 0.495 e. The number of halogens is 2. The Morgan fingerprint density at radius 1 is 1.19 bits per heavy atom. The van der Waals surface area contributed by atoms with Crippen molar-refractivity contribution in [1.82, 2.24) is 0 Å². The zero-order valence-electron chi connectivity index (χ0n) is 11.5. The highest BCUT2D eigenvalue weighted by Crippen LogP contribution is 2.33. The summed E-state index contributed by atoms with van der Waals surface area (Å²) >= 11 is 17.2. The predicted octanol–water partition coefficient (Wildman–Crippen LogP) is 4.69. The number of hydrogen-bond donors (Lipinski definition) is 2. The van der Waals surface area contributed by atoms with Crippen molar-refractivity contribution in [3.05, 3.63) is 51.5 Å². The lowest BCUT2D eigenvalue weighted by atomic mass is 10.1. The Bertz CT molecular complexity index is 704. The van der Waals surface area contributed by atoms with Gasteiger partial charge in [0.2, 0.25) is 0 Å². The topological polar surface area (TPSA) is 47.3 Å². The van der Waals surface area contributed by atoms with Crippen LogP contribution < -0.4 is 15.8 Å². The zero-order valence-corrected chi connectivity index (χ0v) is 13.9.